The second-order valence-corrected chi connectivity index (χ2v) is 3.43. The van der Waals surface area contributed by atoms with Gasteiger partial charge in [0.15, 0.2) is 0 Å². The third kappa shape index (κ3) is 3.21. The van der Waals surface area contributed by atoms with E-state index in [4.69, 9.17) is 5.73 Å². The lowest BCUT2D eigenvalue weighted by atomic mass is 9.84. The Morgan fingerprint density at radius 1 is 1.45 bits per heavy atom. The summed E-state index contributed by atoms with van der Waals surface area (Å²) < 4.78 is 0. The summed E-state index contributed by atoms with van der Waals surface area (Å²) in [6, 6.07) is 0. The van der Waals surface area contributed by atoms with E-state index in [1.807, 2.05) is 13.8 Å². The van der Waals surface area contributed by atoms with Crippen molar-refractivity contribution in [1.82, 2.24) is 0 Å². The van der Waals surface area contributed by atoms with Crippen molar-refractivity contribution < 1.29 is 5.11 Å². The predicted octanol–water partition coefficient (Wildman–Crippen LogP) is 1.52. The minimum absolute atomic E-state index is 0.262. The van der Waals surface area contributed by atoms with Crippen LogP contribution in [0.3, 0.4) is 0 Å². The molecule has 0 fully saturated rings. The highest BCUT2D eigenvalue weighted by Crippen LogP contribution is 2.23. The lowest BCUT2D eigenvalue weighted by molar-refractivity contribution is -0.00475. The van der Waals surface area contributed by atoms with Crippen molar-refractivity contribution in [2.75, 3.05) is 6.54 Å². The van der Waals surface area contributed by atoms with Crippen molar-refractivity contribution in [3.63, 3.8) is 0 Å². The van der Waals surface area contributed by atoms with Gasteiger partial charge in [0.25, 0.3) is 0 Å². The Balaban J connectivity index is 3.99. The second-order valence-electron chi connectivity index (χ2n) is 3.43. The fraction of sp³-hybridized carbons (Fsp3) is 1.00. The van der Waals surface area contributed by atoms with Gasteiger partial charge in [0.2, 0.25) is 0 Å². The third-order valence-electron chi connectivity index (χ3n) is 2.52. The summed E-state index contributed by atoms with van der Waals surface area (Å²) in [7, 11) is 0. The lowest BCUT2D eigenvalue weighted by Crippen LogP contribution is -2.38. The van der Waals surface area contributed by atoms with Gasteiger partial charge in [-0.05, 0) is 32.2 Å². The topological polar surface area (TPSA) is 46.2 Å². The molecule has 2 unspecified atom stereocenters. The number of nitrogens with two attached hydrogens (primary N) is 1. The van der Waals surface area contributed by atoms with Crippen LogP contribution in [0.5, 0.6) is 0 Å². The van der Waals surface area contributed by atoms with E-state index in [-0.39, 0.29) is 5.92 Å². The summed E-state index contributed by atoms with van der Waals surface area (Å²) in [5.41, 5.74) is 5.00. The zero-order chi connectivity index (χ0) is 8.91. The van der Waals surface area contributed by atoms with Gasteiger partial charge in [-0.3, -0.25) is 0 Å². The lowest BCUT2D eigenvalue weighted by Gasteiger charge is -2.30. The number of aliphatic hydroxyl groups is 1. The first-order valence-electron chi connectivity index (χ1n) is 4.50. The van der Waals surface area contributed by atoms with E-state index in [2.05, 4.69) is 6.92 Å². The molecule has 0 saturated carbocycles. The number of hydrogen-bond donors (Lipinski definition) is 2. The molecular weight excluding hydrogens is 138 g/mol. The average Bonchev–Trinajstić information content (AvgIpc) is 2.00. The molecule has 0 radical (unpaired) electrons. The summed E-state index contributed by atoms with van der Waals surface area (Å²) >= 11 is 0. The van der Waals surface area contributed by atoms with Crippen molar-refractivity contribution in [1.29, 1.82) is 0 Å². The molecule has 11 heavy (non-hydrogen) atoms. The Morgan fingerprint density at radius 3 is 2.27 bits per heavy atom. The van der Waals surface area contributed by atoms with Crippen LogP contribution in [0.15, 0.2) is 0 Å². The largest absolute Gasteiger partial charge is 0.390 e. The highest BCUT2D eigenvalue weighted by molar-refractivity contribution is 4.80. The van der Waals surface area contributed by atoms with Crippen molar-refractivity contribution >= 4 is 0 Å². The van der Waals surface area contributed by atoms with Crippen LogP contribution in [0.1, 0.15) is 40.0 Å². The second kappa shape index (κ2) is 4.73. The van der Waals surface area contributed by atoms with E-state index >= 15 is 0 Å². The highest BCUT2D eigenvalue weighted by atomic mass is 16.3. The number of rotatable bonds is 5. The SMILES string of the molecule is CCCC(CN)C(C)(O)CC. The first kappa shape index (κ1) is 10.9. The van der Waals surface area contributed by atoms with Gasteiger partial charge >= 0.3 is 0 Å². The van der Waals surface area contributed by atoms with Gasteiger partial charge in [-0.25, -0.2) is 0 Å². The van der Waals surface area contributed by atoms with E-state index in [1.165, 1.54) is 0 Å². The molecule has 0 spiro atoms. The maximum atomic E-state index is 9.83. The summed E-state index contributed by atoms with van der Waals surface area (Å²) in [5, 5.41) is 9.83. The van der Waals surface area contributed by atoms with Crippen LogP contribution < -0.4 is 5.73 Å². The van der Waals surface area contributed by atoms with Crippen LogP contribution in [0.2, 0.25) is 0 Å². The van der Waals surface area contributed by atoms with Crippen molar-refractivity contribution in [2.45, 2.75) is 45.6 Å². The maximum Gasteiger partial charge on any atom is 0.0657 e. The molecule has 0 amide bonds. The summed E-state index contributed by atoms with van der Waals surface area (Å²) in [6.45, 7) is 6.58. The monoisotopic (exact) mass is 159 g/mol. The standard InChI is InChI=1S/C9H21NO/c1-4-6-8(7-10)9(3,11)5-2/h8,11H,4-7,10H2,1-3H3. The molecule has 0 aromatic heterocycles. The molecule has 0 aromatic carbocycles. The van der Waals surface area contributed by atoms with Crippen LogP contribution >= 0.6 is 0 Å². The maximum absolute atomic E-state index is 9.83. The van der Waals surface area contributed by atoms with Gasteiger partial charge < -0.3 is 10.8 Å². The van der Waals surface area contributed by atoms with Crippen LogP contribution in [0.4, 0.5) is 0 Å². The van der Waals surface area contributed by atoms with E-state index in [0.29, 0.717) is 6.54 Å². The molecule has 0 aliphatic rings. The number of hydrogen-bond acceptors (Lipinski definition) is 2. The zero-order valence-corrected chi connectivity index (χ0v) is 7.93. The van der Waals surface area contributed by atoms with E-state index in [0.717, 1.165) is 19.3 Å². The Morgan fingerprint density at radius 2 is 2.00 bits per heavy atom. The molecule has 68 valence electrons. The molecule has 0 saturated heterocycles. The molecule has 3 N–H and O–H groups in total. The van der Waals surface area contributed by atoms with Gasteiger partial charge in [0.1, 0.15) is 0 Å². The van der Waals surface area contributed by atoms with Crippen molar-refractivity contribution in [3.05, 3.63) is 0 Å². The minimum Gasteiger partial charge on any atom is -0.390 e. The molecule has 0 aliphatic carbocycles. The molecule has 0 rings (SSSR count). The van der Waals surface area contributed by atoms with Gasteiger partial charge in [0, 0.05) is 0 Å². The molecule has 0 heterocycles. The van der Waals surface area contributed by atoms with E-state index in [9.17, 15) is 5.11 Å². The average molecular weight is 159 g/mol. The Bertz CT molecular complexity index is 102. The van der Waals surface area contributed by atoms with Gasteiger partial charge in [-0.1, -0.05) is 20.3 Å². The third-order valence-corrected chi connectivity index (χ3v) is 2.52. The fourth-order valence-electron chi connectivity index (χ4n) is 1.32. The Kier molecular flexibility index (Phi) is 4.69. The molecule has 0 aliphatic heterocycles. The highest BCUT2D eigenvalue weighted by Gasteiger charge is 2.27. The van der Waals surface area contributed by atoms with E-state index < -0.39 is 5.60 Å². The Labute approximate surface area is 69.8 Å². The smallest absolute Gasteiger partial charge is 0.0657 e. The minimum atomic E-state index is -0.565. The quantitative estimate of drug-likeness (QED) is 0.639. The summed E-state index contributed by atoms with van der Waals surface area (Å²) in [5.74, 6) is 0.262. The van der Waals surface area contributed by atoms with Gasteiger partial charge in [-0.2, -0.15) is 0 Å². The van der Waals surface area contributed by atoms with Crippen molar-refractivity contribution in [3.8, 4) is 0 Å². The Hall–Kier alpha value is -0.0800. The molecule has 2 heteroatoms. The molecule has 0 aromatic rings. The zero-order valence-electron chi connectivity index (χ0n) is 7.93. The molecule has 2 atom stereocenters. The normalized spacial score (nSPS) is 19.4. The summed E-state index contributed by atoms with van der Waals surface area (Å²) in [4.78, 5) is 0. The van der Waals surface area contributed by atoms with Gasteiger partial charge in [0.05, 0.1) is 5.60 Å². The predicted molar refractivity (Wildman–Crippen MR) is 48.4 cm³/mol. The molecular formula is C9H21NO. The van der Waals surface area contributed by atoms with Crippen LogP contribution in [-0.2, 0) is 0 Å². The summed E-state index contributed by atoms with van der Waals surface area (Å²) in [6.07, 6.45) is 2.91. The van der Waals surface area contributed by atoms with Crippen molar-refractivity contribution in [2.24, 2.45) is 11.7 Å². The van der Waals surface area contributed by atoms with Crippen LogP contribution in [0, 0.1) is 5.92 Å². The first-order valence-corrected chi connectivity index (χ1v) is 4.50. The molecule has 0 bridgehead atoms. The van der Waals surface area contributed by atoms with Crippen LogP contribution in [-0.4, -0.2) is 17.3 Å². The van der Waals surface area contributed by atoms with Crippen LogP contribution in [0.25, 0.3) is 0 Å². The fourth-order valence-corrected chi connectivity index (χ4v) is 1.32. The van der Waals surface area contributed by atoms with Gasteiger partial charge in [-0.15, -0.1) is 0 Å². The first-order chi connectivity index (χ1) is 5.08. The van der Waals surface area contributed by atoms with E-state index in [1.54, 1.807) is 0 Å². The molecule has 2 nitrogen and oxygen atoms in total.